The van der Waals surface area contributed by atoms with Crippen molar-refractivity contribution >= 4 is 16.8 Å². The molecule has 0 aliphatic carbocycles. The van der Waals surface area contributed by atoms with Gasteiger partial charge in [-0.2, -0.15) is 0 Å². The Labute approximate surface area is 141 Å². The summed E-state index contributed by atoms with van der Waals surface area (Å²) in [7, 11) is 0. The summed E-state index contributed by atoms with van der Waals surface area (Å²) in [5.41, 5.74) is 0. The van der Waals surface area contributed by atoms with Gasteiger partial charge in [-0.25, -0.2) is 9.78 Å². The first kappa shape index (κ1) is 16.1. The lowest BCUT2D eigenvalue weighted by molar-refractivity contribution is 0.0656. The molecule has 0 N–H and O–H groups in total. The molecule has 1 heterocycles. The number of carbonyl (C=O) groups is 1. The number of amides is 1. The number of nitrogens with zero attached hydrogens (tertiary/aromatic N) is 3. The summed E-state index contributed by atoms with van der Waals surface area (Å²) in [6, 6.07) is 13.9. The smallest absolute Gasteiger partial charge is 0.332 e. The van der Waals surface area contributed by atoms with Crippen LogP contribution in [0.4, 0.5) is 4.79 Å². The number of hydrogen-bond donors (Lipinski definition) is 0. The van der Waals surface area contributed by atoms with Crippen molar-refractivity contribution < 1.29 is 9.53 Å². The van der Waals surface area contributed by atoms with E-state index in [9.17, 15) is 4.79 Å². The summed E-state index contributed by atoms with van der Waals surface area (Å²) in [6.45, 7) is 4.54. The quantitative estimate of drug-likeness (QED) is 0.663. The molecule has 0 spiro atoms. The Morgan fingerprint density at radius 1 is 1.25 bits per heavy atom. The summed E-state index contributed by atoms with van der Waals surface area (Å²) in [5, 5.41) is 2.28. The highest BCUT2D eigenvalue weighted by atomic mass is 16.5. The largest absolute Gasteiger partial charge is 0.471 e. The summed E-state index contributed by atoms with van der Waals surface area (Å²) >= 11 is 0. The number of carbonyl (C=O) groups excluding carboxylic acids is 1. The van der Waals surface area contributed by atoms with E-state index in [-0.39, 0.29) is 12.3 Å². The van der Waals surface area contributed by atoms with Crippen LogP contribution in [-0.2, 0) is 0 Å². The molecule has 0 saturated heterocycles. The molecule has 5 heteroatoms. The lowest BCUT2D eigenvalue weighted by Gasteiger charge is -2.29. The summed E-state index contributed by atoms with van der Waals surface area (Å²) in [6.07, 6.45) is 5.23. The second-order valence-electron chi connectivity index (χ2n) is 5.67. The van der Waals surface area contributed by atoms with E-state index in [1.807, 2.05) is 50.2 Å². The highest BCUT2D eigenvalue weighted by Crippen LogP contribution is 2.22. The predicted molar refractivity (Wildman–Crippen MR) is 94.1 cm³/mol. The van der Waals surface area contributed by atoms with Gasteiger partial charge in [0.1, 0.15) is 12.1 Å². The van der Waals surface area contributed by atoms with Crippen molar-refractivity contribution in [3.05, 3.63) is 61.2 Å². The van der Waals surface area contributed by atoms with E-state index < -0.39 is 0 Å². The average molecular weight is 323 g/mol. The molecule has 0 saturated carbocycles. The van der Waals surface area contributed by atoms with Crippen molar-refractivity contribution in [2.45, 2.75) is 26.5 Å². The van der Waals surface area contributed by atoms with E-state index in [1.54, 1.807) is 17.3 Å². The molecule has 3 rings (SSSR count). The fraction of sp³-hybridized carbons (Fsp3) is 0.263. The Hall–Kier alpha value is -2.82. The zero-order valence-electron chi connectivity index (χ0n) is 13.9. The number of rotatable bonds is 5. The fourth-order valence-electron chi connectivity index (χ4n) is 2.70. The molecule has 1 atom stereocenters. The highest BCUT2D eigenvalue weighted by molar-refractivity contribution is 5.83. The van der Waals surface area contributed by atoms with Gasteiger partial charge in [0.2, 0.25) is 0 Å². The van der Waals surface area contributed by atoms with Crippen molar-refractivity contribution in [3.63, 3.8) is 0 Å². The molecular formula is C19H21N3O2. The number of benzene rings is 2. The van der Waals surface area contributed by atoms with Gasteiger partial charge in [-0.15, -0.1) is 0 Å². The monoisotopic (exact) mass is 323 g/mol. The highest BCUT2D eigenvalue weighted by Gasteiger charge is 2.22. The van der Waals surface area contributed by atoms with Crippen LogP contribution in [-0.4, -0.2) is 33.3 Å². The molecule has 1 amide bonds. The average Bonchev–Trinajstić information content (AvgIpc) is 3.13. The summed E-state index contributed by atoms with van der Waals surface area (Å²) in [4.78, 5) is 18.3. The molecule has 0 aliphatic heterocycles. The van der Waals surface area contributed by atoms with E-state index in [1.165, 1.54) is 10.9 Å². The van der Waals surface area contributed by atoms with Crippen molar-refractivity contribution in [1.29, 1.82) is 0 Å². The van der Waals surface area contributed by atoms with Gasteiger partial charge in [-0.1, -0.05) is 37.3 Å². The molecule has 0 aliphatic rings. The van der Waals surface area contributed by atoms with Gasteiger partial charge in [0.05, 0.1) is 0 Å². The van der Waals surface area contributed by atoms with Crippen molar-refractivity contribution in [1.82, 2.24) is 14.5 Å². The maximum absolute atomic E-state index is 12.6. The second kappa shape index (κ2) is 7.17. The number of fused-ring (bicyclic) bond motifs is 1. The lowest BCUT2D eigenvalue weighted by Crippen LogP contribution is -2.44. The SMILES string of the molecule is CCCN(C(=O)n1ccnc1)C(C)Oc1ccc2ccccc2c1. The van der Waals surface area contributed by atoms with Crippen LogP contribution in [0, 0.1) is 0 Å². The lowest BCUT2D eigenvalue weighted by atomic mass is 10.1. The van der Waals surface area contributed by atoms with Gasteiger partial charge >= 0.3 is 6.03 Å². The van der Waals surface area contributed by atoms with Crippen molar-refractivity contribution in [2.75, 3.05) is 6.54 Å². The fourth-order valence-corrected chi connectivity index (χ4v) is 2.70. The first-order valence-electron chi connectivity index (χ1n) is 8.13. The molecular weight excluding hydrogens is 302 g/mol. The Morgan fingerprint density at radius 2 is 2.04 bits per heavy atom. The Morgan fingerprint density at radius 3 is 2.75 bits per heavy atom. The number of ether oxygens (including phenoxy) is 1. The molecule has 1 aromatic heterocycles. The zero-order valence-corrected chi connectivity index (χ0v) is 13.9. The second-order valence-corrected chi connectivity index (χ2v) is 5.67. The normalized spacial score (nSPS) is 12.1. The van der Waals surface area contributed by atoms with Crippen molar-refractivity contribution in [3.8, 4) is 5.75 Å². The standard InChI is InChI=1S/C19H21N3O2/c1-3-11-22(19(23)21-12-10-20-14-21)15(2)24-18-9-8-16-6-4-5-7-17(16)13-18/h4-10,12-15H,3,11H2,1-2H3. The third kappa shape index (κ3) is 3.40. The topological polar surface area (TPSA) is 47.4 Å². The Bertz CT molecular complexity index is 814. The maximum atomic E-state index is 12.6. The van der Waals surface area contributed by atoms with Gasteiger partial charge in [0.25, 0.3) is 0 Å². The molecule has 0 radical (unpaired) electrons. The minimum atomic E-state index is -0.374. The van der Waals surface area contributed by atoms with Gasteiger partial charge in [-0.05, 0) is 36.2 Å². The van der Waals surface area contributed by atoms with Gasteiger partial charge < -0.3 is 4.74 Å². The Kier molecular flexibility index (Phi) is 4.79. The molecule has 0 bridgehead atoms. The molecule has 2 aromatic carbocycles. The predicted octanol–water partition coefficient (Wildman–Crippen LogP) is 4.14. The molecule has 1 unspecified atom stereocenters. The first-order chi connectivity index (χ1) is 11.7. The van der Waals surface area contributed by atoms with E-state index in [0.29, 0.717) is 6.54 Å². The molecule has 3 aromatic rings. The third-order valence-electron chi connectivity index (χ3n) is 3.90. The van der Waals surface area contributed by atoms with E-state index >= 15 is 0 Å². The van der Waals surface area contributed by atoms with Crippen LogP contribution in [0.3, 0.4) is 0 Å². The first-order valence-corrected chi connectivity index (χ1v) is 8.13. The molecule has 24 heavy (non-hydrogen) atoms. The molecule has 0 fully saturated rings. The number of imidazole rings is 1. The van der Waals surface area contributed by atoms with Crippen LogP contribution in [0.5, 0.6) is 5.75 Å². The van der Waals surface area contributed by atoms with Crippen LogP contribution < -0.4 is 4.74 Å². The van der Waals surface area contributed by atoms with Crippen LogP contribution in [0.2, 0.25) is 0 Å². The summed E-state index contributed by atoms with van der Waals surface area (Å²) in [5.74, 6) is 0.751. The zero-order chi connectivity index (χ0) is 16.9. The van der Waals surface area contributed by atoms with Crippen molar-refractivity contribution in [2.24, 2.45) is 0 Å². The third-order valence-corrected chi connectivity index (χ3v) is 3.90. The maximum Gasteiger partial charge on any atom is 0.332 e. The minimum absolute atomic E-state index is 0.136. The molecule has 5 nitrogen and oxygen atoms in total. The molecule has 124 valence electrons. The van der Waals surface area contributed by atoms with E-state index in [4.69, 9.17) is 4.74 Å². The number of aromatic nitrogens is 2. The van der Waals surface area contributed by atoms with Gasteiger partial charge in [0, 0.05) is 18.9 Å². The minimum Gasteiger partial charge on any atom is -0.471 e. The van der Waals surface area contributed by atoms with Gasteiger partial charge in [0.15, 0.2) is 6.23 Å². The number of hydrogen-bond acceptors (Lipinski definition) is 3. The van der Waals surface area contributed by atoms with E-state index in [2.05, 4.69) is 11.1 Å². The summed E-state index contributed by atoms with van der Waals surface area (Å²) < 4.78 is 7.50. The van der Waals surface area contributed by atoms with Crippen LogP contribution in [0.1, 0.15) is 20.3 Å². The van der Waals surface area contributed by atoms with Gasteiger partial charge in [-0.3, -0.25) is 9.47 Å². The Balaban J connectivity index is 1.79. The van der Waals surface area contributed by atoms with E-state index in [0.717, 1.165) is 22.9 Å². The van der Waals surface area contributed by atoms with Crippen LogP contribution in [0.15, 0.2) is 61.2 Å². The van der Waals surface area contributed by atoms with Crippen LogP contribution >= 0.6 is 0 Å². The van der Waals surface area contributed by atoms with Crippen LogP contribution in [0.25, 0.3) is 10.8 Å².